The number of hydrogen-bond acceptors (Lipinski definition) is 3. The average Bonchev–Trinajstić information content (AvgIpc) is 2.61. The first-order chi connectivity index (χ1) is 7.22. The van der Waals surface area contributed by atoms with Gasteiger partial charge in [0, 0.05) is 0 Å². The third kappa shape index (κ3) is 1.94. The van der Waals surface area contributed by atoms with E-state index in [0.29, 0.717) is 5.70 Å². The average molecular weight is 241 g/mol. The molecule has 0 spiro atoms. The summed E-state index contributed by atoms with van der Waals surface area (Å²) in [4.78, 5) is 0.981. The topological polar surface area (TPSA) is 27.0 Å². The van der Waals surface area contributed by atoms with Gasteiger partial charge in [-0.15, -0.1) is 0 Å². The van der Waals surface area contributed by atoms with Crippen molar-refractivity contribution in [2.45, 2.75) is 4.83 Å². The number of alkyl halides is 1. The van der Waals surface area contributed by atoms with Crippen molar-refractivity contribution >= 4 is 29.1 Å². The van der Waals surface area contributed by atoms with Crippen molar-refractivity contribution in [2.24, 2.45) is 0 Å². The summed E-state index contributed by atoms with van der Waals surface area (Å²) in [6.45, 7) is 0. The van der Waals surface area contributed by atoms with Gasteiger partial charge in [-0.2, -0.15) is 5.26 Å². The van der Waals surface area contributed by atoms with Crippen LogP contribution in [0.25, 0.3) is 5.70 Å². The molecule has 0 fully saturated rings. The Morgan fingerprint density at radius 2 is 2.07 bits per heavy atom. The Labute approximate surface area is 95.9 Å². The minimum absolute atomic E-state index is 0.295. The Hall–Kier alpha value is -1.18. The largest absolute Gasteiger partial charge is 0.251 e. The van der Waals surface area contributed by atoms with Crippen LogP contribution < -0.4 is 0 Å². The number of nitrogens with zero attached hydrogens (tertiary/aromatic N) is 2. The first-order valence-electron chi connectivity index (χ1n) is 4.17. The van der Waals surface area contributed by atoms with Crippen molar-refractivity contribution in [1.29, 1.82) is 5.26 Å². The molecule has 2 nitrogen and oxygen atoms in total. The van der Waals surface area contributed by atoms with Gasteiger partial charge in [-0.05, 0) is 35.2 Å². The van der Waals surface area contributed by atoms with E-state index in [1.54, 1.807) is 17.5 Å². The van der Waals surface area contributed by atoms with Crippen LogP contribution in [0.1, 0.15) is 5.56 Å². The van der Waals surface area contributed by atoms with E-state index in [1.165, 1.54) is 28.8 Å². The molecule has 1 aliphatic heterocycles. The van der Waals surface area contributed by atoms with E-state index < -0.39 is 4.83 Å². The molecule has 0 saturated heterocycles. The van der Waals surface area contributed by atoms with Crippen LogP contribution >= 0.6 is 23.4 Å². The number of benzene rings is 1. The van der Waals surface area contributed by atoms with Crippen molar-refractivity contribution < 1.29 is 4.39 Å². The normalized spacial score (nSPS) is 19.9. The smallest absolute Gasteiger partial charge is 0.186 e. The second kappa shape index (κ2) is 4.13. The van der Waals surface area contributed by atoms with Gasteiger partial charge in [0.25, 0.3) is 0 Å². The highest BCUT2D eigenvalue weighted by molar-refractivity contribution is 8.04. The molecule has 2 rings (SSSR count). The van der Waals surface area contributed by atoms with Gasteiger partial charge < -0.3 is 0 Å². The molecule has 0 amide bonds. The molecule has 1 aliphatic rings. The van der Waals surface area contributed by atoms with Crippen molar-refractivity contribution in [2.75, 3.05) is 0 Å². The molecule has 1 aromatic carbocycles. The molecule has 0 saturated carbocycles. The quantitative estimate of drug-likeness (QED) is 0.429. The standard InChI is InChI=1S/C10H6ClFN2S/c11-10-14(6-13)9(5-15-10)7-1-3-8(12)4-2-7/h1-5,10H. The number of halogens is 2. The van der Waals surface area contributed by atoms with Crippen molar-refractivity contribution in [3.05, 3.63) is 41.1 Å². The van der Waals surface area contributed by atoms with Crippen LogP contribution in [-0.4, -0.2) is 9.73 Å². The molecule has 15 heavy (non-hydrogen) atoms. The second-order valence-electron chi connectivity index (χ2n) is 2.91. The maximum Gasteiger partial charge on any atom is 0.186 e. The molecule has 0 aliphatic carbocycles. The van der Waals surface area contributed by atoms with E-state index in [1.807, 2.05) is 6.19 Å². The van der Waals surface area contributed by atoms with Crippen LogP contribution in [-0.2, 0) is 0 Å². The summed E-state index contributed by atoms with van der Waals surface area (Å²) in [5, 5.41) is 10.7. The Bertz CT molecular complexity index is 438. The molecule has 5 heteroatoms. The number of nitriles is 1. The predicted octanol–water partition coefficient (Wildman–Crippen LogP) is 3.18. The third-order valence-corrected chi connectivity index (χ3v) is 3.30. The SMILES string of the molecule is N#CN1C(c2ccc(F)cc2)=CSC1Cl. The van der Waals surface area contributed by atoms with Gasteiger partial charge in [0.2, 0.25) is 0 Å². The summed E-state index contributed by atoms with van der Waals surface area (Å²) < 4.78 is 12.7. The van der Waals surface area contributed by atoms with E-state index in [2.05, 4.69) is 0 Å². The predicted molar refractivity (Wildman–Crippen MR) is 59.1 cm³/mol. The van der Waals surface area contributed by atoms with Crippen LogP contribution in [0.2, 0.25) is 0 Å². The number of rotatable bonds is 1. The minimum atomic E-state index is -0.407. The molecular formula is C10H6ClFN2S. The molecule has 0 N–H and O–H groups in total. The summed E-state index contributed by atoms with van der Waals surface area (Å²) >= 11 is 7.24. The maximum atomic E-state index is 12.7. The molecular weight excluding hydrogens is 235 g/mol. The van der Waals surface area contributed by atoms with E-state index in [9.17, 15) is 4.39 Å². The highest BCUT2D eigenvalue weighted by Gasteiger charge is 2.25. The van der Waals surface area contributed by atoms with Crippen LogP contribution in [0.5, 0.6) is 0 Å². The Morgan fingerprint density at radius 1 is 1.40 bits per heavy atom. The zero-order valence-corrected chi connectivity index (χ0v) is 9.10. The third-order valence-electron chi connectivity index (χ3n) is 2.00. The fraction of sp³-hybridized carbons (Fsp3) is 0.100. The van der Waals surface area contributed by atoms with Gasteiger partial charge in [0.05, 0.1) is 5.70 Å². The fourth-order valence-corrected chi connectivity index (χ4v) is 2.35. The van der Waals surface area contributed by atoms with Crippen LogP contribution in [0, 0.1) is 17.3 Å². The molecule has 0 aromatic heterocycles. The molecule has 0 radical (unpaired) electrons. The summed E-state index contributed by atoms with van der Waals surface area (Å²) in [5.41, 5.74) is 1.50. The number of thioether (sulfide) groups is 1. The lowest BCUT2D eigenvalue weighted by Crippen LogP contribution is -2.17. The lowest BCUT2D eigenvalue weighted by atomic mass is 10.1. The van der Waals surface area contributed by atoms with Gasteiger partial charge in [-0.1, -0.05) is 23.4 Å². The van der Waals surface area contributed by atoms with E-state index >= 15 is 0 Å². The Balaban J connectivity index is 2.33. The van der Waals surface area contributed by atoms with E-state index in [-0.39, 0.29) is 5.82 Å². The first kappa shape index (κ1) is 10.3. The summed E-state index contributed by atoms with van der Waals surface area (Å²) in [6.07, 6.45) is 2.00. The fourth-order valence-electron chi connectivity index (χ4n) is 1.27. The monoisotopic (exact) mass is 240 g/mol. The highest BCUT2D eigenvalue weighted by atomic mass is 35.5. The number of hydrogen-bond donors (Lipinski definition) is 0. The second-order valence-corrected chi connectivity index (χ2v) is 4.53. The van der Waals surface area contributed by atoms with Crippen LogP contribution in [0.15, 0.2) is 29.7 Å². The summed E-state index contributed by atoms with van der Waals surface area (Å²) in [5.74, 6) is -0.295. The van der Waals surface area contributed by atoms with E-state index in [4.69, 9.17) is 16.9 Å². The van der Waals surface area contributed by atoms with Crippen molar-refractivity contribution in [3.8, 4) is 6.19 Å². The first-order valence-corrected chi connectivity index (χ1v) is 5.55. The zero-order valence-electron chi connectivity index (χ0n) is 7.52. The Morgan fingerprint density at radius 3 is 2.67 bits per heavy atom. The van der Waals surface area contributed by atoms with Crippen LogP contribution in [0.4, 0.5) is 4.39 Å². The van der Waals surface area contributed by atoms with Crippen LogP contribution in [0.3, 0.4) is 0 Å². The lowest BCUT2D eigenvalue weighted by Gasteiger charge is -2.15. The van der Waals surface area contributed by atoms with E-state index in [0.717, 1.165) is 5.56 Å². The highest BCUT2D eigenvalue weighted by Crippen LogP contribution is 2.37. The van der Waals surface area contributed by atoms with Crippen molar-refractivity contribution in [3.63, 3.8) is 0 Å². The molecule has 1 atom stereocenters. The van der Waals surface area contributed by atoms with Gasteiger partial charge in [-0.3, -0.25) is 4.90 Å². The maximum absolute atomic E-state index is 12.7. The summed E-state index contributed by atoms with van der Waals surface area (Å²) in [6, 6.07) is 5.97. The van der Waals surface area contributed by atoms with Crippen molar-refractivity contribution in [1.82, 2.24) is 4.90 Å². The lowest BCUT2D eigenvalue weighted by molar-refractivity contribution is 0.618. The minimum Gasteiger partial charge on any atom is -0.251 e. The Kier molecular flexibility index (Phi) is 2.85. The van der Waals surface area contributed by atoms with Gasteiger partial charge in [0.1, 0.15) is 5.82 Å². The van der Waals surface area contributed by atoms with Gasteiger partial charge in [0.15, 0.2) is 11.0 Å². The van der Waals surface area contributed by atoms with Gasteiger partial charge >= 0.3 is 0 Å². The molecule has 76 valence electrons. The molecule has 1 aromatic rings. The summed E-state index contributed by atoms with van der Waals surface area (Å²) in [7, 11) is 0. The van der Waals surface area contributed by atoms with Gasteiger partial charge in [-0.25, -0.2) is 4.39 Å². The zero-order chi connectivity index (χ0) is 10.8. The molecule has 0 bridgehead atoms. The molecule has 1 unspecified atom stereocenters. The molecule has 1 heterocycles.